The summed E-state index contributed by atoms with van der Waals surface area (Å²) in [6.07, 6.45) is 6.28. The SMILES string of the molecule is CC1(C)c2ccccc2-c2cccc(-c3ccccc3N(c3cccc(-c4cccc5ccccc45)c3)c3ccc4c(c3)C3(CCCCC3)c3ccccc3-4)c21. The third-order valence-corrected chi connectivity index (χ3v) is 13.4. The quantitative estimate of drug-likeness (QED) is 0.171. The first kappa shape index (κ1) is 33.2. The van der Waals surface area contributed by atoms with Crippen LogP contribution in [-0.2, 0) is 10.8 Å². The molecule has 0 N–H and O–H groups in total. The van der Waals surface area contributed by atoms with E-state index in [1.54, 1.807) is 0 Å². The second kappa shape index (κ2) is 12.7. The molecule has 8 aromatic rings. The van der Waals surface area contributed by atoms with Gasteiger partial charge in [-0.2, -0.15) is 0 Å². The third kappa shape index (κ3) is 4.86. The van der Waals surface area contributed by atoms with E-state index in [1.807, 2.05) is 0 Å². The molecule has 1 fully saturated rings. The number of rotatable bonds is 5. The van der Waals surface area contributed by atoms with Crippen molar-refractivity contribution in [1.82, 2.24) is 0 Å². The monoisotopic (exact) mass is 719 g/mol. The number of anilines is 3. The van der Waals surface area contributed by atoms with Gasteiger partial charge in [0.1, 0.15) is 0 Å². The molecule has 0 amide bonds. The number of para-hydroxylation sites is 1. The maximum absolute atomic E-state index is 2.57. The summed E-state index contributed by atoms with van der Waals surface area (Å²) in [5.74, 6) is 0. The summed E-state index contributed by atoms with van der Waals surface area (Å²) in [7, 11) is 0. The van der Waals surface area contributed by atoms with Crippen LogP contribution in [0.25, 0.3) is 55.3 Å². The molecule has 0 heterocycles. The van der Waals surface area contributed by atoms with Crippen LogP contribution in [0.1, 0.15) is 68.2 Å². The topological polar surface area (TPSA) is 3.24 Å². The van der Waals surface area contributed by atoms with E-state index in [-0.39, 0.29) is 10.8 Å². The van der Waals surface area contributed by atoms with Gasteiger partial charge in [0.05, 0.1) is 5.69 Å². The Morgan fingerprint density at radius 2 is 0.982 bits per heavy atom. The van der Waals surface area contributed by atoms with Crippen LogP contribution < -0.4 is 4.90 Å². The van der Waals surface area contributed by atoms with Crippen molar-refractivity contribution in [3.05, 3.63) is 198 Å². The van der Waals surface area contributed by atoms with Crippen LogP contribution in [0.2, 0.25) is 0 Å². The van der Waals surface area contributed by atoms with Crippen LogP contribution in [0.4, 0.5) is 17.1 Å². The molecule has 56 heavy (non-hydrogen) atoms. The minimum atomic E-state index is -0.137. The van der Waals surface area contributed by atoms with Crippen molar-refractivity contribution in [2.75, 3.05) is 4.90 Å². The zero-order valence-electron chi connectivity index (χ0n) is 32.2. The molecule has 270 valence electrons. The number of benzene rings is 8. The molecule has 11 rings (SSSR count). The van der Waals surface area contributed by atoms with Gasteiger partial charge in [0.2, 0.25) is 0 Å². The second-order valence-electron chi connectivity index (χ2n) is 16.7. The number of nitrogens with zero attached hydrogens (tertiary/aromatic N) is 1. The zero-order chi connectivity index (χ0) is 37.4. The van der Waals surface area contributed by atoms with Crippen molar-refractivity contribution in [3.8, 4) is 44.5 Å². The van der Waals surface area contributed by atoms with E-state index in [2.05, 4.69) is 195 Å². The summed E-state index contributed by atoms with van der Waals surface area (Å²) in [4.78, 5) is 2.55. The second-order valence-corrected chi connectivity index (χ2v) is 16.7. The molecule has 0 unspecified atom stereocenters. The van der Waals surface area contributed by atoms with Gasteiger partial charge in [-0.1, -0.05) is 179 Å². The van der Waals surface area contributed by atoms with E-state index in [0.717, 1.165) is 5.69 Å². The average Bonchev–Trinajstić information content (AvgIpc) is 3.65. The Morgan fingerprint density at radius 3 is 1.82 bits per heavy atom. The van der Waals surface area contributed by atoms with Crippen molar-refractivity contribution < 1.29 is 0 Å². The van der Waals surface area contributed by atoms with Crippen LogP contribution >= 0.6 is 0 Å². The number of hydrogen-bond acceptors (Lipinski definition) is 1. The summed E-state index contributed by atoms with van der Waals surface area (Å²) >= 11 is 0. The fourth-order valence-corrected chi connectivity index (χ4v) is 11.0. The lowest BCUT2D eigenvalue weighted by Crippen LogP contribution is -2.28. The molecule has 8 aromatic carbocycles. The predicted molar refractivity (Wildman–Crippen MR) is 236 cm³/mol. The summed E-state index contributed by atoms with van der Waals surface area (Å²) in [6.45, 7) is 4.80. The number of fused-ring (bicyclic) bond motifs is 9. The lowest BCUT2D eigenvalue weighted by Gasteiger charge is -2.37. The van der Waals surface area contributed by atoms with Crippen LogP contribution in [0.15, 0.2) is 176 Å². The molecule has 0 radical (unpaired) electrons. The Kier molecular flexibility index (Phi) is 7.52. The average molecular weight is 720 g/mol. The molecule has 0 bridgehead atoms. The Bertz CT molecular complexity index is 2830. The van der Waals surface area contributed by atoms with E-state index < -0.39 is 0 Å². The van der Waals surface area contributed by atoms with Gasteiger partial charge >= 0.3 is 0 Å². The third-order valence-electron chi connectivity index (χ3n) is 13.4. The summed E-state index contributed by atoms with van der Waals surface area (Å²) in [6, 6.07) is 66.3. The van der Waals surface area contributed by atoms with Crippen molar-refractivity contribution in [3.63, 3.8) is 0 Å². The summed E-state index contributed by atoms with van der Waals surface area (Å²) in [5.41, 5.74) is 19.9. The largest absolute Gasteiger partial charge is 0.310 e. The first-order valence-electron chi connectivity index (χ1n) is 20.5. The highest BCUT2D eigenvalue weighted by Crippen LogP contribution is 2.58. The normalized spacial score (nSPS) is 15.6. The maximum Gasteiger partial charge on any atom is 0.0540 e. The van der Waals surface area contributed by atoms with Crippen molar-refractivity contribution in [2.24, 2.45) is 0 Å². The van der Waals surface area contributed by atoms with Gasteiger partial charge in [-0.15, -0.1) is 0 Å². The molecule has 0 atom stereocenters. The van der Waals surface area contributed by atoms with E-state index in [9.17, 15) is 0 Å². The fourth-order valence-electron chi connectivity index (χ4n) is 11.0. The minimum absolute atomic E-state index is 0.0617. The lowest BCUT2D eigenvalue weighted by molar-refractivity contribution is 0.353. The molecule has 1 saturated carbocycles. The minimum Gasteiger partial charge on any atom is -0.310 e. The molecule has 0 aliphatic heterocycles. The highest BCUT2D eigenvalue weighted by atomic mass is 15.1. The Labute approximate surface area is 330 Å². The predicted octanol–water partition coefficient (Wildman–Crippen LogP) is 15.2. The Hall–Kier alpha value is -6.18. The molecule has 1 nitrogen and oxygen atoms in total. The Balaban J connectivity index is 1.15. The molecular formula is C55H45N. The Morgan fingerprint density at radius 1 is 0.411 bits per heavy atom. The van der Waals surface area contributed by atoms with Crippen molar-refractivity contribution >= 4 is 27.8 Å². The molecular weight excluding hydrogens is 675 g/mol. The molecule has 0 aromatic heterocycles. The molecule has 3 aliphatic rings. The van der Waals surface area contributed by atoms with Gasteiger partial charge in [-0.25, -0.2) is 0 Å². The number of hydrogen-bond donors (Lipinski definition) is 0. The molecule has 1 spiro atoms. The zero-order valence-corrected chi connectivity index (χ0v) is 32.2. The van der Waals surface area contributed by atoms with Gasteiger partial charge in [-0.3, -0.25) is 0 Å². The van der Waals surface area contributed by atoms with E-state index in [4.69, 9.17) is 0 Å². The fraction of sp³-hybridized carbons (Fsp3) is 0.164. The molecule has 3 aliphatic carbocycles. The van der Waals surface area contributed by atoms with Gasteiger partial charge in [-0.05, 0) is 115 Å². The van der Waals surface area contributed by atoms with Gasteiger partial charge in [0.15, 0.2) is 0 Å². The highest BCUT2D eigenvalue weighted by molar-refractivity contribution is 5.99. The van der Waals surface area contributed by atoms with Crippen molar-refractivity contribution in [1.29, 1.82) is 0 Å². The van der Waals surface area contributed by atoms with Crippen LogP contribution in [0, 0.1) is 0 Å². The smallest absolute Gasteiger partial charge is 0.0540 e. The van der Waals surface area contributed by atoms with E-state index >= 15 is 0 Å². The van der Waals surface area contributed by atoms with Crippen LogP contribution in [-0.4, -0.2) is 0 Å². The van der Waals surface area contributed by atoms with Crippen LogP contribution in [0.3, 0.4) is 0 Å². The maximum atomic E-state index is 2.57. The standard InChI is InChI=1S/C55H45N/c1-54(2)49-28-9-6-23-44(49)47-26-16-27-48(53(47)54)46-24-8-11-30-52(46)56(39-20-14-19-38(35-39)42-25-15-18-37-17-4-5-21-41(37)42)40-31-32-45-43-22-7-10-29-50(43)55(51(45)36-40)33-12-3-13-34-55/h4-11,14-32,35-36H,3,12-13,33-34H2,1-2H3. The lowest BCUT2D eigenvalue weighted by atomic mass is 9.68. The molecule has 0 saturated heterocycles. The summed E-state index contributed by atoms with van der Waals surface area (Å²) < 4.78 is 0. The highest BCUT2D eigenvalue weighted by Gasteiger charge is 2.44. The van der Waals surface area contributed by atoms with E-state index in [0.29, 0.717) is 0 Å². The van der Waals surface area contributed by atoms with Gasteiger partial charge in [0.25, 0.3) is 0 Å². The van der Waals surface area contributed by atoms with Crippen LogP contribution in [0.5, 0.6) is 0 Å². The van der Waals surface area contributed by atoms with Gasteiger partial charge in [0, 0.05) is 27.8 Å². The molecule has 1 heteroatoms. The van der Waals surface area contributed by atoms with E-state index in [1.165, 1.54) is 121 Å². The summed E-state index contributed by atoms with van der Waals surface area (Å²) in [5, 5.41) is 2.53. The van der Waals surface area contributed by atoms with Crippen molar-refractivity contribution in [2.45, 2.75) is 56.8 Å². The first-order valence-corrected chi connectivity index (χ1v) is 20.5. The van der Waals surface area contributed by atoms with Gasteiger partial charge < -0.3 is 4.90 Å². The first-order chi connectivity index (χ1) is 27.5.